The summed E-state index contributed by atoms with van der Waals surface area (Å²) in [6.45, 7) is 3.33. The van der Waals surface area contributed by atoms with Crippen LogP contribution in [0, 0.1) is 0 Å². The molecular formula is C6H9NO. The molecule has 0 aliphatic carbocycles. The van der Waals surface area contributed by atoms with E-state index in [0.717, 1.165) is 0 Å². The van der Waals surface area contributed by atoms with Gasteiger partial charge in [0.1, 0.15) is 0 Å². The largest absolute Gasteiger partial charge is 0.473 e. The third kappa shape index (κ3) is 4.82. The highest BCUT2D eigenvalue weighted by Gasteiger charge is 1.59. The van der Waals surface area contributed by atoms with E-state index in [1.165, 1.54) is 18.7 Å². The molecule has 0 aliphatic rings. The number of hydrogen-bond donors (Lipinski definition) is 1. The number of ether oxygens (including phenoxy) is 1. The number of allylic oxidation sites excluding steroid dienone is 2. The van der Waals surface area contributed by atoms with Crippen LogP contribution in [0.25, 0.3) is 0 Å². The van der Waals surface area contributed by atoms with Crippen molar-refractivity contribution in [2.24, 2.45) is 5.73 Å². The van der Waals surface area contributed by atoms with Gasteiger partial charge in [-0.25, -0.2) is 0 Å². The third-order valence-corrected chi connectivity index (χ3v) is 0.476. The van der Waals surface area contributed by atoms with Crippen molar-refractivity contribution in [1.82, 2.24) is 0 Å². The SMILES string of the molecule is C=CO/C=C\C=C\N. The Morgan fingerprint density at radius 2 is 2.12 bits per heavy atom. The molecule has 0 heterocycles. The maximum absolute atomic E-state index is 5.00. The molecule has 0 rings (SSSR count). The van der Waals surface area contributed by atoms with Crippen LogP contribution < -0.4 is 5.73 Å². The molecule has 0 aromatic rings. The van der Waals surface area contributed by atoms with E-state index in [2.05, 4.69) is 11.3 Å². The topological polar surface area (TPSA) is 35.2 Å². The highest BCUT2D eigenvalue weighted by Crippen LogP contribution is 1.76. The molecule has 0 amide bonds. The van der Waals surface area contributed by atoms with Crippen LogP contribution in [0.15, 0.2) is 37.5 Å². The monoisotopic (exact) mass is 111 g/mol. The molecule has 44 valence electrons. The van der Waals surface area contributed by atoms with Gasteiger partial charge < -0.3 is 10.5 Å². The normalized spacial score (nSPS) is 10.5. The summed E-state index contributed by atoms with van der Waals surface area (Å²) < 4.78 is 4.61. The van der Waals surface area contributed by atoms with E-state index >= 15 is 0 Å². The number of hydrogen-bond acceptors (Lipinski definition) is 2. The Bertz CT molecular complexity index is 105. The molecule has 0 saturated carbocycles. The fourth-order valence-corrected chi connectivity index (χ4v) is 0.210. The van der Waals surface area contributed by atoms with Crippen LogP contribution in [0.3, 0.4) is 0 Å². The zero-order valence-electron chi connectivity index (χ0n) is 4.58. The van der Waals surface area contributed by atoms with E-state index in [1.54, 1.807) is 12.2 Å². The summed E-state index contributed by atoms with van der Waals surface area (Å²) in [5.41, 5.74) is 5.00. The predicted molar refractivity (Wildman–Crippen MR) is 33.7 cm³/mol. The van der Waals surface area contributed by atoms with Crippen molar-refractivity contribution in [3.63, 3.8) is 0 Å². The van der Waals surface area contributed by atoms with Crippen LogP contribution in [0.5, 0.6) is 0 Å². The van der Waals surface area contributed by atoms with Gasteiger partial charge >= 0.3 is 0 Å². The van der Waals surface area contributed by atoms with Gasteiger partial charge in [0.2, 0.25) is 0 Å². The molecule has 0 atom stereocenters. The lowest BCUT2D eigenvalue weighted by Crippen LogP contribution is -1.72. The molecule has 0 radical (unpaired) electrons. The van der Waals surface area contributed by atoms with Gasteiger partial charge in [0.25, 0.3) is 0 Å². The van der Waals surface area contributed by atoms with Gasteiger partial charge in [-0.2, -0.15) is 0 Å². The quantitative estimate of drug-likeness (QED) is 0.437. The third-order valence-electron chi connectivity index (χ3n) is 0.476. The van der Waals surface area contributed by atoms with E-state index in [4.69, 9.17) is 5.73 Å². The van der Waals surface area contributed by atoms with Gasteiger partial charge in [-0.1, -0.05) is 6.58 Å². The second-order valence-electron chi connectivity index (χ2n) is 1.02. The first kappa shape index (κ1) is 6.82. The van der Waals surface area contributed by atoms with E-state index in [0.29, 0.717) is 0 Å². The molecule has 0 aromatic carbocycles. The molecule has 2 heteroatoms. The highest BCUT2D eigenvalue weighted by atomic mass is 16.5. The molecule has 0 unspecified atom stereocenters. The number of rotatable bonds is 3. The summed E-state index contributed by atoms with van der Waals surface area (Å²) >= 11 is 0. The van der Waals surface area contributed by atoms with Crippen molar-refractivity contribution in [2.75, 3.05) is 0 Å². The molecule has 0 saturated heterocycles. The van der Waals surface area contributed by atoms with Gasteiger partial charge in [0, 0.05) is 0 Å². The first-order valence-corrected chi connectivity index (χ1v) is 2.21. The fraction of sp³-hybridized carbons (Fsp3) is 0. The Morgan fingerprint density at radius 3 is 2.62 bits per heavy atom. The average Bonchev–Trinajstić information content (AvgIpc) is 1.81. The first-order valence-electron chi connectivity index (χ1n) is 2.21. The van der Waals surface area contributed by atoms with Gasteiger partial charge in [0.05, 0.1) is 12.5 Å². The van der Waals surface area contributed by atoms with Crippen molar-refractivity contribution >= 4 is 0 Å². The standard InChI is InChI=1S/C6H9NO/c1-2-8-6-4-3-5-7/h2-6H,1,7H2/b5-3+,6-4-. The van der Waals surface area contributed by atoms with Gasteiger partial charge in [-0.3, -0.25) is 0 Å². The maximum Gasteiger partial charge on any atom is 0.0901 e. The highest BCUT2D eigenvalue weighted by molar-refractivity contribution is 4.97. The zero-order chi connectivity index (χ0) is 6.24. The van der Waals surface area contributed by atoms with Crippen LogP contribution in [0.1, 0.15) is 0 Å². The summed E-state index contributed by atoms with van der Waals surface area (Å²) in [4.78, 5) is 0. The van der Waals surface area contributed by atoms with E-state index in [-0.39, 0.29) is 0 Å². The van der Waals surface area contributed by atoms with Crippen molar-refractivity contribution in [1.29, 1.82) is 0 Å². The van der Waals surface area contributed by atoms with Crippen LogP contribution in [0.4, 0.5) is 0 Å². The second-order valence-corrected chi connectivity index (χ2v) is 1.02. The van der Waals surface area contributed by atoms with Crippen LogP contribution in [-0.4, -0.2) is 0 Å². The summed E-state index contributed by atoms with van der Waals surface area (Å²) in [5, 5.41) is 0. The molecule has 0 aromatic heterocycles. The lowest BCUT2D eigenvalue weighted by Gasteiger charge is -1.81. The minimum Gasteiger partial charge on any atom is -0.473 e. The summed E-state index contributed by atoms with van der Waals surface area (Å²) in [7, 11) is 0. The smallest absolute Gasteiger partial charge is 0.0901 e. The summed E-state index contributed by atoms with van der Waals surface area (Å²) in [5.74, 6) is 0. The van der Waals surface area contributed by atoms with Crippen LogP contribution in [-0.2, 0) is 4.74 Å². The summed E-state index contributed by atoms with van der Waals surface area (Å²) in [6, 6.07) is 0. The van der Waals surface area contributed by atoms with E-state index in [1.807, 2.05) is 0 Å². The van der Waals surface area contributed by atoms with Crippen LogP contribution >= 0.6 is 0 Å². The van der Waals surface area contributed by atoms with Crippen molar-refractivity contribution in [3.8, 4) is 0 Å². The van der Waals surface area contributed by atoms with E-state index in [9.17, 15) is 0 Å². The van der Waals surface area contributed by atoms with Crippen molar-refractivity contribution < 1.29 is 4.74 Å². The molecule has 2 nitrogen and oxygen atoms in total. The van der Waals surface area contributed by atoms with Crippen molar-refractivity contribution in [2.45, 2.75) is 0 Å². The molecule has 0 bridgehead atoms. The Balaban J connectivity index is 3.19. The van der Waals surface area contributed by atoms with Gasteiger partial charge in [-0.05, 0) is 18.4 Å². The van der Waals surface area contributed by atoms with Crippen molar-refractivity contribution in [3.05, 3.63) is 37.5 Å². The summed E-state index contributed by atoms with van der Waals surface area (Å²) in [6.07, 6.45) is 7.56. The predicted octanol–water partition coefficient (Wildman–Crippen LogP) is 1.13. The lowest BCUT2D eigenvalue weighted by atomic mass is 10.6. The van der Waals surface area contributed by atoms with Gasteiger partial charge in [0.15, 0.2) is 0 Å². The Labute approximate surface area is 48.9 Å². The Kier molecular flexibility index (Phi) is 4.96. The Morgan fingerprint density at radius 1 is 1.38 bits per heavy atom. The minimum atomic E-state index is 1.33. The lowest BCUT2D eigenvalue weighted by molar-refractivity contribution is 0.405. The molecule has 0 fully saturated rings. The first-order chi connectivity index (χ1) is 3.91. The van der Waals surface area contributed by atoms with Crippen LogP contribution in [0.2, 0.25) is 0 Å². The van der Waals surface area contributed by atoms with E-state index < -0.39 is 0 Å². The Hall–Kier alpha value is -1.18. The average molecular weight is 111 g/mol. The van der Waals surface area contributed by atoms with Gasteiger partial charge in [-0.15, -0.1) is 0 Å². The maximum atomic E-state index is 5.00. The molecule has 0 aliphatic heterocycles. The minimum absolute atomic E-state index is 1.33. The molecule has 2 N–H and O–H groups in total. The second kappa shape index (κ2) is 5.82. The number of nitrogens with two attached hydrogens (primary N) is 1. The fourth-order valence-electron chi connectivity index (χ4n) is 0.210. The molecular weight excluding hydrogens is 102 g/mol. The zero-order valence-corrected chi connectivity index (χ0v) is 4.58. The molecule has 0 spiro atoms. The molecule has 8 heavy (non-hydrogen) atoms.